The molecule has 0 N–H and O–H groups in total. The van der Waals surface area contributed by atoms with Gasteiger partial charge in [0.25, 0.3) is 0 Å². The maximum Gasteiger partial charge on any atom is 0.248 e. The third-order valence-corrected chi connectivity index (χ3v) is 5.91. The van der Waals surface area contributed by atoms with Gasteiger partial charge in [-0.25, -0.2) is 0 Å². The molecule has 2 fully saturated rings. The number of carbonyl (C=O) groups excluding carboxylic acids is 2. The van der Waals surface area contributed by atoms with Crippen LogP contribution in [0.4, 0.5) is 0 Å². The fourth-order valence-corrected chi connectivity index (χ4v) is 4.23. The van der Waals surface area contributed by atoms with Crippen LogP contribution in [0.1, 0.15) is 26.2 Å². The molecule has 0 saturated carbocycles. The van der Waals surface area contributed by atoms with Crippen LogP contribution in [0.5, 0.6) is 5.75 Å². The Morgan fingerprint density at radius 3 is 2.70 bits per heavy atom. The Labute approximate surface area is 183 Å². The molecular formula is C22H31ClN2O5. The molecule has 1 aromatic carbocycles. The molecule has 0 aliphatic carbocycles. The zero-order valence-electron chi connectivity index (χ0n) is 17.6. The second kappa shape index (κ2) is 11.0. The summed E-state index contributed by atoms with van der Waals surface area (Å²) in [6, 6.07) is 7.24. The standard InChI is InChI=1S/C22H31ClN2O5/c1-2-28-15-21(27)25-8-4-7-22(16-25,14-20(26)24-9-11-29-12-10-24)17-30-19-6-3-5-18(23)13-19/h3,5-6,13H,2,4,7-12,14-17H2,1H3/t22-/m1/s1. The minimum atomic E-state index is -0.447. The SMILES string of the molecule is CCOCC(=O)N1CCC[C@@](COc2cccc(Cl)c2)(CC(=O)N2CCOCC2)C1. The summed E-state index contributed by atoms with van der Waals surface area (Å²) in [4.78, 5) is 29.3. The number of rotatable bonds is 8. The second-order valence-corrected chi connectivity index (χ2v) is 8.41. The van der Waals surface area contributed by atoms with Crippen molar-refractivity contribution >= 4 is 23.4 Å². The molecule has 0 unspecified atom stereocenters. The number of hydrogen-bond donors (Lipinski definition) is 0. The number of ether oxygens (including phenoxy) is 3. The molecule has 2 amide bonds. The summed E-state index contributed by atoms with van der Waals surface area (Å²) in [6.45, 7) is 6.29. The Bertz CT molecular complexity index is 725. The van der Waals surface area contributed by atoms with Crippen LogP contribution in [0.2, 0.25) is 5.02 Å². The molecule has 1 aromatic rings. The van der Waals surface area contributed by atoms with Crippen molar-refractivity contribution in [2.24, 2.45) is 5.41 Å². The van der Waals surface area contributed by atoms with E-state index >= 15 is 0 Å². The van der Waals surface area contributed by atoms with E-state index in [0.717, 1.165) is 12.8 Å². The van der Waals surface area contributed by atoms with E-state index in [1.807, 2.05) is 28.9 Å². The normalized spacial score (nSPS) is 22.1. The molecule has 8 heteroatoms. The van der Waals surface area contributed by atoms with Crippen LogP contribution in [-0.4, -0.2) is 80.8 Å². The van der Waals surface area contributed by atoms with Gasteiger partial charge >= 0.3 is 0 Å². The zero-order valence-corrected chi connectivity index (χ0v) is 18.4. The Hall–Kier alpha value is -1.83. The van der Waals surface area contributed by atoms with Gasteiger partial charge in [-0.3, -0.25) is 9.59 Å². The lowest BCUT2D eigenvalue weighted by molar-refractivity contribution is -0.146. The molecule has 2 aliphatic heterocycles. The highest BCUT2D eigenvalue weighted by Crippen LogP contribution is 2.35. The van der Waals surface area contributed by atoms with Gasteiger partial charge < -0.3 is 24.0 Å². The van der Waals surface area contributed by atoms with Gasteiger partial charge in [-0.2, -0.15) is 0 Å². The molecule has 7 nitrogen and oxygen atoms in total. The van der Waals surface area contributed by atoms with Crippen LogP contribution < -0.4 is 4.74 Å². The van der Waals surface area contributed by atoms with Gasteiger partial charge in [-0.05, 0) is 38.0 Å². The van der Waals surface area contributed by atoms with Gasteiger partial charge in [0, 0.05) is 49.6 Å². The van der Waals surface area contributed by atoms with E-state index in [1.54, 1.807) is 12.1 Å². The van der Waals surface area contributed by atoms with Crippen LogP contribution in [0.3, 0.4) is 0 Å². The van der Waals surface area contributed by atoms with Crippen LogP contribution in [0, 0.1) is 5.41 Å². The highest BCUT2D eigenvalue weighted by molar-refractivity contribution is 6.30. The van der Waals surface area contributed by atoms with Crippen LogP contribution in [-0.2, 0) is 19.1 Å². The van der Waals surface area contributed by atoms with E-state index in [1.165, 1.54) is 0 Å². The minimum absolute atomic E-state index is 0.0393. The van der Waals surface area contributed by atoms with Crippen LogP contribution >= 0.6 is 11.6 Å². The van der Waals surface area contributed by atoms with E-state index in [2.05, 4.69) is 0 Å². The number of piperidine rings is 1. The van der Waals surface area contributed by atoms with Crippen LogP contribution in [0.25, 0.3) is 0 Å². The Morgan fingerprint density at radius 1 is 1.17 bits per heavy atom. The topological polar surface area (TPSA) is 68.3 Å². The number of likely N-dealkylation sites (tertiary alicyclic amines) is 1. The first-order valence-corrected chi connectivity index (χ1v) is 11.0. The van der Waals surface area contributed by atoms with E-state index in [9.17, 15) is 9.59 Å². The van der Waals surface area contributed by atoms with Crippen molar-refractivity contribution in [2.45, 2.75) is 26.2 Å². The Balaban J connectivity index is 1.72. The van der Waals surface area contributed by atoms with Gasteiger partial charge in [-0.1, -0.05) is 17.7 Å². The number of morpholine rings is 1. The molecule has 0 radical (unpaired) electrons. The molecule has 0 aromatic heterocycles. The average molecular weight is 439 g/mol. The Morgan fingerprint density at radius 2 is 1.97 bits per heavy atom. The predicted octanol–water partition coefficient (Wildman–Crippen LogP) is 2.61. The van der Waals surface area contributed by atoms with Crippen molar-refractivity contribution in [3.63, 3.8) is 0 Å². The lowest BCUT2D eigenvalue weighted by atomic mass is 9.77. The molecule has 2 aliphatic rings. The monoisotopic (exact) mass is 438 g/mol. The smallest absolute Gasteiger partial charge is 0.248 e. The predicted molar refractivity (Wildman–Crippen MR) is 114 cm³/mol. The van der Waals surface area contributed by atoms with Crippen molar-refractivity contribution in [1.82, 2.24) is 9.80 Å². The lowest BCUT2D eigenvalue weighted by Crippen LogP contribution is -2.52. The molecule has 30 heavy (non-hydrogen) atoms. The highest BCUT2D eigenvalue weighted by atomic mass is 35.5. The lowest BCUT2D eigenvalue weighted by Gasteiger charge is -2.43. The molecular weight excluding hydrogens is 408 g/mol. The second-order valence-electron chi connectivity index (χ2n) is 7.97. The molecule has 2 saturated heterocycles. The van der Waals surface area contributed by atoms with E-state index in [-0.39, 0.29) is 18.4 Å². The fourth-order valence-electron chi connectivity index (χ4n) is 4.05. The third kappa shape index (κ3) is 6.33. The first-order chi connectivity index (χ1) is 14.5. The largest absolute Gasteiger partial charge is 0.493 e. The van der Waals surface area contributed by atoms with E-state index in [4.69, 9.17) is 25.8 Å². The number of halogens is 1. The van der Waals surface area contributed by atoms with Gasteiger partial charge in [0.15, 0.2) is 0 Å². The molecule has 3 rings (SSSR count). The first-order valence-electron chi connectivity index (χ1n) is 10.6. The number of hydrogen-bond acceptors (Lipinski definition) is 5. The van der Waals surface area contributed by atoms with Crippen molar-refractivity contribution in [3.8, 4) is 5.75 Å². The quantitative estimate of drug-likeness (QED) is 0.624. The van der Waals surface area contributed by atoms with Gasteiger partial charge in [0.05, 0.1) is 19.8 Å². The number of nitrogens with zero attached hydrogens (tertiary/aromatic N) is 2. The third-order valence-electron chi connectivity index (χ3n) is 5.67. The summed E-state index contributed by atoms with van der Waals surface area (Å²) in [5.41, 5.74) is -0.447. The van der Waals surface area contributed by atoms with Gasteiger partial charge in [-0.15, -0.1) is 0 Å². The fraction of sp³-hybridized carbons (Fsp3) is 0.636. The van der Waals surface area contributed by atoms with Gasteiger partial charge in [0.2, 0.25) is 11.8 Å². The summed E-state index contributed by atoms with van der Waals surface area (Å²) in [7, 11) is 0. The molecule has 0 spiro atoms. The summed E-state index contributed by atoms with van der Waals surface area (Å²) in [6.07, 6.45) is 1.99. The first kappa shape index (κ1) is 22.8. The van der Waals surface area contributed by atoms with Crippen molar-refractivity contribution < 1.29 is 23.8 Å². The summed E-state index contributed by atoms with van der Waals surface area (Å²) < 4.78 is 16.8. The van der Waals surface area contributed by atoms with Crippen LogP contribution in [0.15, 0.2) is 24.3 Å². The molecule has 0 bridgehead atoms. The maximum atomic E-state index is 13.1. The van der Waals surface area contributed by atoms with E-state index in [0.29, 0.717) is 69.8 Å². The minimum Gasteiger partial charge on any atom is -0.493 e. The van der Waals surface area contributed by atoms with Crippen molar-refractivity contribution in [1.29, 1.82) is 0 Å². The maximum absolute atomic E-state index is 13.1. The summed E-state index contributed by atoms with van der Waals surface area (Å²) in [5.74, 6) is 0.716. The molecule has 2 heterocycles. The van der Waals surface area contributed by atoms with Crippen molar-refractivity contribution in [2.75, 3.05) is 59.2 Å². The number of carbonyl (C=O) groups is 2. The zero-order chi connectivity index (χ0) is 21.4. The number of amides is 2. The van der Waals surface area contributed by atoms with Gasteiger partial charge in [0.1, 0.15) is 12.4 Å². The summed E-state index contributed by atoms with van der Waals surface area (Å²) in [5, 5.41) is 0.600. The molecule has 166 valence electrons. The summed E-state index contributed by atoms with van der Waals surface area (Å²) >= 11 is 6.08. The highest BCUT2D eigenvalue weighted by Gasteiger charge is 2.41. The Kier molecular flexibility index (Phi) is 8.36. The van der Waals surface area contributed by atoms with Crippen molar-refractivity contribution in [3.05, 3.63) is 29.3 Å². The number of benzene rings is 1. The average Bonchev–Trinajstić information content (AvgIpc) is 2.77. The molecule has 1 atom stereocenters. The van der Waals surface area contributed by atoms with E-state index < -0.39 is 5.41 Å².